The summed E-state index contributed by atoms with van der Waals surface area (Å²) < 4.78 is 5.06. The number of carbonyl (C=O) groups is 1. The van der Waals surface area contributed by atoms with Crippen LogP contribution >= 0.6 is 0 Å². The summed E-state index contributed by atoms with van der Waals surface area (Å²) in [4.78, 5) is 13.8. The Bertz CT molecular complexity index is 407. The van der Waals surface area contributed by atoms with Crippen LogP contribution in [-0.4, -0.2) is 50.2 Å². The number of carbonyl (C=O) groups excluding carboxylic acids is 1. The number of aliphatic hydroxyl groups excluding tert-OH is 1. The molecule has 1 atom stereocenters. The maximum atomic E-state index is 11.8. The summed E-state index contributed by atoms with van der Waals surface area (Å²) >= 11 is 0. The maximum Gasteiger partial charge on any atom is 0.253 e. The van der Waals surface area contributed by atoms with Gasteiger partial charge in [0.2, 0.25) is 0 Å². The Morgan fingerprint density at radius 2 is 2.21 bits per heavy atom. The smallest absolute Gasteiger partial charge is 0.253 e. The van der Waals surface area contributed by atoms with Crippen LogP contribution in [0.4, 0.5) is 0 Å². The molecule has 0 aromatic heterocycles. The molecule has 1 rings (SSSR count). The van der Waals surface area contributed by atoms with Crippen molar-refractivity contribution in [1.29, 1.82) is 0 Å². The van der Waals surface area contributed by atoms with Gasteiger partial charge >= 0.3 is 0 Å². The fourth-order valence-electron chi connectivity index (χ4n) is 1.67. The monoisotopic (exact) mass is 266 g/mol. The molecule has 5 nitrogen and oxygen atoms in total. The molecular weight excluding hydrogens is 244 g/mol. The molecular formula is C14H22N2O3. The number of benzene rings is 1. The summed E-state index contributed by atoms with van der Waals surface area (Å²) in [5.74, 6) is 0.240. The predicted molar refractivity (Wildman–Crippen MR) is 74.1 cm³/mol. The summed E-state index contributed by atoms with van der Waals surface area (Å²) in [7, 11) is 5.51. The van der Waals surface area contributed by atoms with Crippen molar-refractivity contribution in [1.82, 2.24) is 10.2 Å². The first-order valence-corrected chi connectivity index (χ1v) is 6.29. The highest BCUT2D eigenvalue weighted by Crippen LogP contribution is 2.18. The molecule has 1 aromatic rings. The van der Waals surface area contributed by atoms with E-state index in [0.717, 1.165) is 13.0 Å². The zero-order chi connectivity index (χ0) is 14.3. The summed E-state index contributed by atoms with van der Waals surface area (Å²) in [6.45, 7) is 1.45. The number of nitrogens with zero attached hydrogens (tertiary/aromatic N) is 1. The third-order valence-corrected chi connectivity index (χ3v) is 2.74. The Morgan fingerprint density at radius 1 is 1.47 bits per heavy atom. The summed E-state index contributed by atoms with van der Waals surface area (Å²) in [5, 5.41) is 12.7. The van der Waals surface area contributed by atoms with Gasteiger partial charge in [0, 0.05) is 6.54 Å². The minimum Gasteiger partial charge on any atom is -0.497 e. The lowest BCUT2D eigenvalue weighted by Gasteiger charge is -2.13. The van der Waals surface area contributed by atoms with Gasteiger partial charge in [-0.3, -0.25) is 4.79 Å². The van der Waals surface area contributed by atoms with Gasteiger partial charge in [-0.25, -0.2) is 0 Å². The molecule has 0 saturated heterocycles. The molecule has 0 aliphatic rings. The SMILES string of the molecule is COc1cccc(C(O)C(=O)NCCCN(C)C)c1. The lowest BCUT2D eigenvalue weighted by atomic mass is 10.1. The number of hydrogen-bond donors (Lipinski definition) is 2. The summed E-state index contributed by atoms with van der Waals surface area (Å²) in [6.07, 6.45) is -0.307. The molecule has 0 aliphatic heterocycles. The Morgan fingerprint density at radius 3 is 2.84 bits per heavy atom. The number of ether oxygens (including phenoxy) is 1. The van der Waals surface area contributed by atoms with Gasteiger partial charge in [0.05, 0.1) is 7.11 Å². The van der Waals surface area contributed by atoms with Gasteiger partial charge in [-0.05, 0) is 44.8 Å². The van der Waals surface area contributed by atoms with Gasteiger partial charge in [-0.15, -0.1) is 0 Å². The average molecular weight is 266 g/mol. The van der Waals surface area contributed by atoms with E-state index in [4.69, 9.17) is 4.74 Å². The highest BCUT2D eigenvalue weighted by Gasteiger charge is 2.17. The molecule has 0 fully saturated rings. The van der Waals surface area contributed by atoms with E-state index in [1.165, 1.54) is 0 Å². The van der Waals surface area contributed by atoms with Crippen LogP contribution in [0.5, 0.6) is 5.75 Å². The first kappa shape index (κ1) is 15.5. The Kier molecular flexibility index (Phi) is 6.32. The number of amides is 1. The van der Waals surface area contributed by atoms with E-state index in [-0.39, 0.29) is 5.91 Å². The van der Waals surface area contributed by atoms with E-state index in [0.29, 0.717) is 17.9 Å². The zero-order valence-corrected chi connectivity index (χ0v) is 11.7. The maximum absolute atomic E-state index is 11.8. The van der Waals surface area contributed by atoms with Crippen LogP contribution in [0.25, 0.3) is 0 Å². The number of methoxy groups -OCH3 is 1. The molecule has 1 amide bonds. The van der Waals surface area contributed by atoms with Gasteiger partial charge in [0.15, 0.2) is 6.10 Å². The van der Waals surface area contributed by atoms with E-state index < -0.39 is 6.10 Å². The second kappa shape index (κ2) is 7.76. The lowest BCUT2D eigenvalue weighted by Crippen LogP contribution is -2.31. The van der Waals surface area contributed by atoms with Gasteiger partial charge in [-0.2, -0.15) is 0 Å². The van der Waals surface area contributed by atoms with Gasteiger partial charge < -0.3 is 20.1 Å². The lowest BCUT2D eigenvalue weighted by molar-refractivity contribution is -0.129. The Balaban J connectivity index is 2.47. The van der Waals surface area contributed by atoms with Crippen molar-refractivity contribution in [3.63, 3.8) is 0 Å². The van der Waals surface area contributed by atoms with Crippen molar-refractivity contribution >= 4 is 5.91 Å². The standard InChI is InChI=1S/C14H22N2O3/c1-16(2)9-5-8-15-14(18)13(17)11-6-4-7-12(10-11)19-3/h4,6-7,10,13,17H,5,8-9H2,1-3H3,(H,15,18). The quantitative estimate of drug-likeness (QED) is 0.717. The van der Waals surface area contributed by atoms with Crippen LogP contribution in [0.15, 0.2) is 24.3 Å². The number of hydrogen-bond acceptors (Lipinski definition) is 4. The molecule has 0 radical (unpaired) electrons. The van der Waals surface area contributed by atoms with Crippen LogP contribution in [0, 0.1) is 0 Å². The van der Waals surface area contributed by atoms with Crippen LogP contribution in [0.3, 0.4) is 0 Å². The largest absolute Gasteiger partial charge is 0.497 e. The molecule has 5 heteroatoms. The van der Waals surface area contributed by atoms with Crippen molar-refractivity contribution in [2.24, 2.45) is 0 Å². The molecule has 106 valence electrons. The van der Waals surface area contributed by atoms with Gasteiger partial charge in [0.25, 0.3) is 5.91 Å². The highest BCUT2D eigenvalue weighted by molar-refractivity contribution is 5.81. The van der Waals surface area contributed by atoms with Crippen molar-refractivity contribution in [2.45, 2.75) is 12.5 Å². The van der Waals surface area contributed by atoms with Crippen molar-refractivity contribution in [3.05, 3.63) is 29.8 Å². The van der Waals surface area contributed by atoms with E-state index in [2.05, 4.69) is 5.32 Å². The molecule has 19 heavy (non-hydrogen) atoms. The second-order valence-corrected chi connectivity index (χ2v) is 4.63. The van der Waals surface area contributed by atoms with E-state index in [9.17, 15) is 9.90 Å². The minimum atomic E-state index is -1.16. The molecule has 2 N–H and O–H groups in total. The number of nitrogens with one attached hydrogen (secondary N) is 1. The summed E-state index contributed by atoms with van der Waals surface area (Å²) in [5.41, 5.74) is 0.532. The molecule has 0 spiro atoms. The summed E-state index contributed by atoms with van der Waals surface area (Å²) in [6, 6.07) is 6.87. The zero-order valence-electron chi connectivity index (χ0n) is 11.7. The first-order valence-electron chi connectivity index (χ1n) is 6.29. The normalized spacial score (nSPS) is 12.3. The van der Waals surface area contributed by atoms with Crippen molar-refractivity contribution in [3.8, 4) is 5.75 Å². The first-order chi connectivity index (χ1) is 9.04. The second-order valence-electron chi connectivity index (χ2n) is 4.63. The van der Waals surface area contributed by atoms with E-state index in [1.807, 2.05) is 19.0 Å². The van der Waals surface area contributed by atoms with Crippen LogP contribution in [0.2, 0.25) is 0 Å². The third-order valence-electron chi connectivity index (χ3n) is 2.74. The fourth-order valence-corrected chi connectivity index (χ4v) is 1.67. The molecule has 0 bridgehead atoms. The highest BCUT2D eigenvalue weighted by atomic mass is 16.5. The number of rotatable bonds is 7. The topological polar surface area (TPSA) is 61.8 Å². The molecule has 1 aromatic carbocycles. The Hall–Kier alpha value is -1.59. The minimum absolute atomic E-state index is 0.382. The number of aliphatic hydroxyl groups is 1. The van der Waals surface area contributed by atoms with E-state index >= 15 is 0 Å². The molecule has 0 saturated carbocycles. The average Bonchev–Trinajstić information content (AvgIpc) is 2.42. The fraction of sp³-hybridized carbons (Fsp3) is 0.500. The van der Waals surface area contributed by atoms with Gasteiger partial charge in [0.1, 0.15) is 5.75 Å². The van der Waals surface area contributed by atoms with E-state index in [1.54, 1.807) is 31.4 Å². The van der Waals surface area contributed by atoms with Crippen molar-refractivity contribution < 1.29 is 14.6 Å². The van der Waals surface area contributed by atoms with Crippen LogP contribution in [0.1, 0.15) is 18.1 Å². The van der Waals surface area contributed by atoms with Crippen molar-refractivity contribution in [2.75, 3.05) is 34.3 Å². The molecule has 0 heterocycles. The van der Waals surface area contributed by atoms with Gasteiger partial charge in [-0.1, -0.05) is 12.1 Å². The van der Waals surface area contributed by atoms with Crippen LogP contribution in [-0.2, 0) is 4.79 Å². The molecule has 0 aliphatic carbocycles. The predicted octanol–water partition coefficient (Wildman–Crippen LogP) is 0.796. The molecule has 1 unspecified atom stereocenters. The third kappa shape index (κ3) is 5.28. The Labute approximate surface area is 114 Å². The van der Waals surface area contributed by atoms with Crippen LogP contribution < -0.4 is 10.1 Å².